The highest BCUT2D eigenvalue weighted by atomic mass is 32.2. The van der Waals surface area contributed by atoms with E-state index in [0.29, 0.717) is 5.25 Å². The van der Waals surface area contributed by atoms with Crippen LogP contribution in [-0.2, 0) is 0 Å². The summed E-state index contributed by atoms with van der Waals surface area (Å²) in [5, 5.41) is 9.68. The Hall–Kier alpha value is 0.0500. The topological polar surface area (TPSA) is 20.2 Å². The minimum atomic E-state index is -0.267. The van der Waals surface area contributed by atoms with Crippen molar-refractivity contribution < 1.29 is 5.11 Å². The number of aliphatic hydroxyl groups excluding tert-OH is 1. The summed E-state index contributed by atoms with van der Waals surface area (Å²) in [5.74, 6) is 1.22. The third-order valence-corrected chi connectivity index (χ3v) is 2.98. The normalized spacial score (nSPS) is 33.1. The van der Waals surface area contributed by atoms with Gasteiger partial charge in [0.2, 0.25) is 0 Å². The predicted octanol–water partition coefficient (Wildman–Crippen LogP) is 1.82. The quantitative estimate of drug-likeness (QED) is 0.587. The van der Waals surface area contributed by atoms with Crippen LogP contribution >= 0.6 is 11.8 Å². The summed E-state index contributed by atoms with van der Waals surface area (Å²) in [6, 6.07) is 0. The van der Waals surface area contributed by atoms with Gasteiger partial charge in [0.1, 0.15) is 0 Å². The molecular weight excluding hydrogens is 144 g/mol. The van der Waals surface area contributed by atoms with Crippen molar-refractivity contribution in [1.29, 1.82) is 0 Å². The summed E-state index contributed by atoms with van der Waals surface area (Å²) in [6.07, 6.45) is 2.87. The molecule has 1 fully saturated rings. The number of hydrogen-bond donors (Lipinski definition) is 1. The molecule has 2 heteroatoms. The first kappa shape index (κ1) is 8.15. The maximum Gasteiger partial charge on any atom is 0.0695 e. The van der Waals surface area contributed by atoms with Gasteiger partial charge in [-0.1, -0.05) is 11.6 Å². The molecule has 0 saturated carbocycles. The minimum absolute atomic E-state index is 0.267. The van der Waals surface area contributed by atoms with E-state index in [4.69, 9.17) is 5.11 Å². The molecule has 0 aromatic rings. The zero-order valence-corrected chi connectivity index (χ0v) is 7.32. The van der Waals surface area contributed by atoms with Crippen LogP contribution in [0, 0.1) is 0 Å². The summed E-state index contributed by atoms with van der Waals surface area (Å²) in [5.41, 5.74) is 1.42. The van der Waals surface area contributed by atoms with Gasteiger partial charge in [0.15, 0.2) is 0 Å². The van der Waals surface area contributed by atoms with Crippen molar-refractivity contribution in [1.82, 2.24) is 0 Å². The zero-order valence-electron chi connectivity index (χ0n) is 6.50. The summed E-state index contributed by atoms with van der Waals surface area (Å²) < 4.78 is 0. The molecule has 2 unspecified atom stereocenters. The van der Waals surface area contributed by atoms with Crippen molar-refractivity contribution >= 4 is 11.8 Å². The monoisotopic (exact) mass is 158 g/mol. The lowest BCUT2D eigenvalue weighted by molar-refractivity contribution is 0.243. The largest absolute Gasteiger partial charge is 0.389 e. The zero-order chi connectivity index (χ0) is 7.56. The Balaban J connectivity index is 2.54. The first-order valence-electron chi connectivity index (χ1n) is 3.70. The van der Waals surface area contributed by atoms with Crippen LogP contribution in [0.5, 0.6) is 0 Å². The van der Waals surface area contributed by atoms with E-state index in [9.17, 15) is 0 Å². The van der Waals surface area contributed by atoms with Crippen molar-refractivity contribution in [2.75, 3.05) is 5.75 Å². The van der Waals surface area contributed by atoms with E-state index in [2.05, 4.69) is 6.92 Å². The summed E-state index contributed by atoms with van der Waals surface area (Å²) >= 11 is 1.97. The van der Waals surface area contributed by atoms with Gasteiger partial charge in [0.25, 0.3) is 0 Å². The van der Waals surface area contributed by atoms with E-state index in [-0.39, 0.29) is 6.10 Å². The van der Waals surface area contributed by atoms with Gasteiger partial charge in [-0.3, -0.25) is 0 Å². The third-order valence-electron chi connectivity index (χ3n) is 1.74. The summed E-state index contributed by atoms with van der Waals surface area (Å²) in [4.78, 5) is 0. The van der Waals surface area contributed by atoms with Gasteiger partial charge >= 0.3 is 0 Å². The van der Waals surface area contributed by atoms with Gasteiger partial charge in [-0.2, -0.15) is 11.8 Å². The smallest absolute Gasteiger partial charge is 0.0695 e. The second-order valence-corrected chi connectivity index (χ2v) is 4.19. The maximum absolute atomic E-state index is 9.04. The fraction of sp³-hybridized carbons (Fsp3) is 0.750. The molecule has 0 bridgehead atoms. The fourth-order valence-corrected chi connectivity index (χ4v) is 2.31. The van der Waals surface area contributed by atoms with Crippen molar-refractivity contribution in [2.24, 2.45) is 0 Å². The lowest BCUT2D eigenvalue weighted by atomic mass is 10.1. The molecule has 0 amide bonds. The van der Waals surface area contributed by atoms with E-state index in [1.807, 2.05) is 24.8 Å². The predicted molar refractivity (Wildman–Crippen MR) is 46.3 cm³/mol. The van der Waals surface area contributed by atoms with Crippen LogP contribution in [0.3, 0.4) is 0 Å². The number of aliphatic hydroxyl groups is 1. The second-order valence-electron chi connectivity index (χ2n) is 2.75. The van der Waals surface area contributed by atoms with Gasteiger partial charge in [-0.05, 0) is 26.0 Å². The van der Waals surface area contributed by atoms with Crippen LogP contribution in [0.4, 0.5) is 0 Å². The first-order chi connectivity index (χ1) is 4.70. The third kappa shape index (κ3) is 2.03. The van der Waals surface area contributed by atoms with E-state index in [0.717, 1.165) is 6.42 Å². The molecule has 1 heterocycles. The number of rotatable bonds is 1. The van der Waals surface area contributed by atoms with E-state index >= 15 is 0 Å². The Morgan fingerprint density at radius 2 is 2.50 bits per heavy atom. The van der Waals surface area contributed by atoms with Crippen molar-refractivity contribution in [3.63, 3.8) is 0 Å². The Morgan fingerprint density at radius 3 is 2.90 bits per heavy atom. The van der Waals surface area contributed by atoms with E-state index < -0.39 is 0 Å². The number of thioether (sulfide) groups is 1. The van der Waals surface area contributed by atoms with Crippen LogP contribution in [0.15, 0.2) is 11.6 Å². The molecule has 10 heavy (non-hydrogen) atoms. The standard InChI is InChI=1S/C8H14OS/c1-6(9)5-8-3-4-10-7(8)2/h5-7,9H,3-4H2,1-2H3/b8-5-. The van der Waals surface area contributed by atoms with Crippen LogP contribution in [0.1, 0.15) is 20.3 Å². The van der Waals surface area contributed by atoms with Crippen LogP contribution < -0.4 is 0 Å². The molecule has 1 aliphatic heterocycles. The molecule has 1 saturated heterocycles. The highest BCUT2D eigenvalue weighted by molar-refractivity contribution is 8.00. The molecule has 1 rings (SSSR count). The van der Waals surface area contributed by atoms with Crippen molar-refractivity contribution in [3.05, 3.63) is 11.6 Å². The van der Waals surface area contributed by atoms with Crippen molar-refractivity contribution in [3.8, 4) is 0 Å². The second kappa shape index (κ2) is 3.44. The van der Waals surface area contributed by atoms with Gasteiger partial charge in [0, 0.05) is 5.25 Å². The molecule has 0 spiro atoms. The highest BCUT2D eigenvalue weighted by Gasteiger charge is 2.16. The number of hydrogen-bond acceptors (Lipinski definition) is 2. The molecule has 1 nitrogen and oxygen atoms in total. The van der Waals surface area contributed by atoms with Crippen LogP contribution in [0.2, 0.25) is 0 Å². The minimum Gasteiger partial charge on any atom is -0.389 e. The van der Waals surface area contributed by atoms with Crippen molar-refractivity contribution in [2.45, 2.75) is 31.6 Å². The molecule has 0 radical (unpaired) electrons. The summed E-state index contributed by atoms with van der Waals surface area (Å²) in [6.45, 7) is 4.01. The fourth-order valence-electron chi connectivity index (χ4n) is 1.19. The van der Waals surface area contributed by atoms with E-state index in [1.54, 1.807) is 0 Å². The molecule has 0 aliphatic carbocycles. The Morgan fingerprint density at radius 1 is 1.80 bits per heavy atom. The molecule has 0 aromatic heterocycles. The van der Waals surface area contributed by atoms with Crippen LogP contribution in [0.25, 0.3) is 0 Å². The lowest BCUT2D eigenvalue weighted by Gasteiger charge is -2.04. The molecule has 1 N–H and O–H groups in total. The maximum atomic E-state index is 9.04. The van der Waals surface area contributed by atoms with Gasteiger partial charge < -0.3 is 5.11 Å². The molecule has 2 atom stereocenters. The van der Waals surface area contributed by atoms with Gasteiger partial charge in [-0.25, -0.2) is 0 Å². The molecule has 58 valence electrons. The molecular formula is C8H14OS. The lowest BCUT2D eigenvalue weighted by Crippen LogP contribution is -2.00. The Bertz CT molecular complexity index is 140. The Kier molecular flexibility index (Phi) is 2.81. The van der Waals surface area contributed by atoms with Gasteiger partial charge in [-0.15, -0.1) is 0 Å². The average molecular weight is 158 g/mol. The highest BCUT2D eigenvalue weighted by Crippen LogP contribution is 2.31. The molecule has 1 aliphatic rings. The summed E-state index contributed by atoms with van der Waals surface area (Å²) in [7, 11) is 0. The average Bonchev–Trinajstić information content (AvgIpc) is 2.15. The van der Waals surface area contributed by atoms with Crippen LogP contribution in [-0.4, -0.2) is 22.2 Å². The van der Waals surface area contributed by atoms with Gasteiger partial charge in [0.05, 0.1) is 6.10 Å². The molecule has 0 aromatic carbocycles. The SMILES string of the molecule is CC(O)/C=C1/CCSC1C. The Labute approximate surface area is 66.5 Å². The van der Waals surface area contributed by atoms with E-state index in [1.165, 1.54) is 11.3 Å². The first-order valence-corrected chi connectivity index (χ1v) is 4.75.